The lowest BCUT2D eigenvalue weighted by Crippen LogP contribution is -2.27. The second-order valence-corrected chi connectivity index (χ2v) is 10.1. The Morgan fingerprint density at radius 2 is 1.63 bits per heavy atom. The molecule has 27 heavy (non-hydrogen) atoms. The molecule has 0 bridgehead atoms. The fraction of sp³-hybridized carbons (Fsp3) is 0.538. The molecule has 2 aromatic rings. The van der Waals surface area contributed by atoms with Gasteiger partial charge >= 0.3 is 0 Å². The first kappa shape index (κ1) is 25.5. The van der Waals surface area contributed by atoms with Gasteiger partial charge in [-0.2, -0.15) is 0 Å². The average Bonchev–Trinajstić information content (AvgIpc) is 2.92. The zero-order valence-corrected chi connectivity index (χ0v) is 19.9. The molecular formula is C26H40S. The van der Waals surface area contributed by atoms with Crippen molar-refractivity contribution in [2.24, 2.45) is 16.7 Å². The quantitative estimate of drug-likeness (QED) is 0.462. The van der Waals surface area contributed by atoms with Gasteiger partial charge < -0.3 is 0 Å². The average molecular weight is 385 g/mol. The van der Waals surface area contributed by atoms with Crippen LogP contribution in [0.4, 0.5) is 0 Å². The van der Waals surface area contributed by atoms with Crippen molar-refractivity contribution >= 4 is 27.5 Å². The van der Waals surface area contributed by atoms with Gasteiger partial charge in [-0.15, -0.1) is 23.7 Å². The van der Waals surface area contributed by atoms with Gasteiger partial charge in [0.1, 0.15) is 0 Å². The summed E-state index contributed by atoms with van der Waals surface area (Å²) in [5.74, 6) is 2.93. The van der Waals surface area contributed by atoms with Crippen LogP contribution in [-0.2, 0) is 6.42 Å². The molecule has 0 saturated heterocycles. The summed E-state index contributed by atoms with van der Waals surface area (Å²) in [5, 5.41) is 1.36. The van der Waals surface area contributed by atoms with Crippen molar-refractivity contribution in [2.75, 3.05) is 0 Å². The standard InChI is InChI=1S/C21H30S.C3H4.C2H6/c1-8-16-17-11-9-10-12-18(17)22-19(16)13-15(21(5,6)7)14-20(2,3)4;1-3-2;1-2/h8-12,15H,1,13-14H2,2-7H3;1H,2H3;1-2H3. The van der Waals surface area contributed by atoms with Crippen molar-refractivity contribution < 1.29 is 0 Å². The highest BCUT2D eigenvalue weighted by atomic mass is 32.1. The van der Waals surface area contributed by atoms with Gasteiger partial charge in [0.25, 0.3) is 0 Å². The van der Waals surface area contributed by atoms with Crippen LogP contribution in [-0.4, -0.2) is 0 Å². The number of thiophene rings is 1. The van der Waals surface area contributed by atoms with Gasteiger partial charge in [0.15, 0.2) is 0 Å². The van der Waals surface area contributed by atoms with Crippen molar-refractivity contribution in [3.63, 3.8) is 0 Å². The Morgan fingerprint density at radius 1 is 1.11 bits per heavy atom. The smallest absolute Gasteiger partial charge is 0.0351 e. The third-order valence-electron chi connectivity index (χ3n) is 4.43. The molecule has 0 fully saturated rings. The molecule has 0 N–H and O–H groups in total. The fourth-order valence-electron chi connectivity index (χ4n) is 3.14. The summed E-state index contributed by atoms with van der Waals surface area (Å²) < 4.78 is 1.39. The molecule has 1 aromatic heterocycles. The summed E-state index contributed by atoms with van der Waals surface area (Å²) in [6.45, 7) is 23.9. The molecule has 0 spiro atoms. The van der Waals surface area contributed by atoms with E-state index in [9.17, 15) is 0 Å². The first-order valence-corrected chi connectivity index (χ1v) is 10.8. The van der Waals surface area contributed by atoms with E-state index in [1.807, 2.05) is 31.3 Å². The van der Waals surface area contributed by atoms with E-state index in [1.54, 1.807) is 6.92 Å². The molecule has 0 radical (unpaired) electrons. The van der Waals surface area contributed by atoms with Gasteiger partial charge in [0.2, 0.25) is 0 Å². The summed E-state index contributed by atoms with van der Waals surface area (Å²) in [4.78, 5) is 1.50. The number of terminal acetylenes is 1. The highest BCUT2D eigenvalue weighted by molar-refractivity contribution is 7.19. The second-order valence-electron chi connectivity index (χ2n) is 8.96. The van der Waals surface area contributed by atoms with E-state index < -0.39 is 0 Å². The third-order valence-corrected chi connectivity index (χ3v) is 5.64. The first-order chi connectivity index (χ1) is 12.5. The van der Waals surface area contributed by atoms with E-state index >= 15 is 0 Å². The summed E-state index contributed by atoms with van der Waals surface area (Å²) in [6.07, 6.45) is 9.05. The van der Waals surface area contributed by atoms with E-state index in [1.165, 1.54) is 26.9 Å². The van der Waals surface area contributed by atoms with E-state index in [0.29, 0.717) is 16.7 Å². The largest absolute Gasteiger partial charge is 0.140 e. The maximum atomic E-state index is 4.60. The highest BCUT2D eigenvalue weighted by Crippen LogP contribution is 2.41. The molecule has 0 aliphatic rings. The number of fused-ring (bicyclic) bond motifs is 1. The molecule has 1 atom stereocenters. The monoisotopic (exact) mass is 384 g/mol. The fourth-order valence-corrected chi connectivity index (χ4v) is 4.43. The van der Waals surface area contributed by atoms with E-state index in [-0.39, 0.29) is 0 Å². The minimum Gasteiger partial charge on any atom is -0.140 e. The van der Waals surface area contributed by atoms with Gasteiger partial charge in [-0.3, -0.25) is 0 Å². The normalized spacial score (nSPS) is 12.1. The maximum absolute atomic E-state index is 4.60. The molecule has 0 saturated carbocycles. The molecule has 0 aliphatic heterocycles. The molecular weight excluding hydrogens is 344 g/mol. The van der Waals surface area contributed by atoms with Crippen LogP contribution in [0, 0.1) is 29.1 Å². The topological polar surface area (TPSA) is 0 Å². The third kappa shape index (κ3) is 8.35. The van der Waals surface area contributed by atoms with Crippen LogP contribution in [0.2, 0.25) is 0 Å². The Morgan fingerprint density at radius 3 is 2.07 bits per heavy atom. The lowest BCUT2D eigenvalue weighted by atomic mass is 9.70. The van der Waals surface area contributed by atoms with Gasteiger partial charge in [0.05, 0.1) is 0 Å². The van der Waals surface area contributed by atoms with Crippen LogP contribution in [0.5, 0.6) is 0 Å². The molecule has 1 heteroatoms. The van der Waals surface area contributed by atoms with Crippen LogP contribution in [0.15, 0.2) is 30.8 Å². The maximum Gasteiger partial charge on any atom is 0.0351 e. The Bertz CT molecular complexity index is 726. The Balaban J connectivity index is 0.00000123. The van der Waals surface area contributed by atoms with Crippen LogP contribution >= 0.6 is 11.3 Å². The Hall–Kier alpha value is -1.52. The van der Waals surface area contributed by atoms with Crippen molar-refractivity contribution in [1.82, 2.24) is 0 Å². The number of hydrogen-bond acceptors (Lipinski definition) is 1. The summed E-state index contributed by atoms with van der Waals surface area (Å²) >= 11 is 1.95. The zero-order chi connectivity index (χ0) is 21.3. The van der Waals surface area contributed by atoms with Crippen molar-refractivity contribution in [1.29, 1.82) is 0 Å². The van der Waals surface area contributed by atoms with Crippen molar-refractivity contribution in [3.05, 3.63) is 41.3 Å². The van der Waals surface area contributed by atoms with E-state index in [0.717, 1.165) is 6.42 Å². The molecule has 150 valence electrons. The minimum absolute atomic E-state index is 0.321. The van der Waals surface area contributed by atoms with Crippen LogP contribution in [0.3, 0.4) is 0 Å². The van der Waals surface area contributed by atoms with Crippen LogP contribution in [0.1, 0.15) is 79.2 Å². The molecule has 0 amide bonds. The van der Waals surface area contributed by atoms with Crippen LogP contribution in [0.25, 0.3) is 16.2 Å². The van der Waals surface area contributed by atoms with Crippen molar-refractivity contribution in [2.45, 2.75) is 75.2 Å². The lowest BCUT2D eigenvalue weighted by molar-refractivity contribution is 0.165. The summed E-state index contributed by atoms with van der Waals surface area (Å²) in [6, 6.07) is 8.71. The van der Waals surface area contributed by atoms with Crippen LogP contribution < -0.4 is 0 Å². The van der Waals surface area contributed by atoms with Crippen molar-refractivity contribution in [3.8, 4) is 12.3 Å². The Labute approximate surface area is 173 Å². The zero-order valence-electron chi connectivity index (χ0n) is 19.1. The van der Waals surface area contributed by atoms with Gasteiger partial charge in [-0.25, -0.2) is 0 Å². The Kier molecular flexibility index (Phi) is 10.7. The predicted molar refractivity (Wildman–Crippen MR) is 128 cm³/mol. The minimum atomic E-state index is 0.321. The molecule has 1 unspecified atom stereocenters. The SMILES string of the molecule is C#CC.C=Cc1c(CC(CC(C)(C)C)C(C)(C)C)sc2ccccc12.CC. The summed E-state index contributed by atoms with van der Waals surface area (Å²) in [5.41, 5.74) is 2.04. The number of hydrogen-bond donors (Lipinski definition) is 0. The first-order valence-electron chi connectivity index (χ1n) is 10.0. The lowest BCUT2D eigenvalue weighted by Gasteiger charge is -2.35. The molecule has 0 aliphatic carbocycles. The number of benzene rings is 1. The molecule has 1 heterocycles. The summed E-state index contributed by atoms with van der Waals surface area (Å²) in [7, 11) is 0. The predicted octanol–water partition coefficient (Wildman–Crippen LogP) is 8.85. The molecule has 2 rings (SSSR count). The van der Waals surface area contributed by atoms with E-state index in [2.05, 4.69) is 84.7 Å². The second kappa shape index (κ2) is 11.4. The highest BCUT2D eigenvalue weighted by Gasteiger charge is 2.30. The van der Waals surface area contributed by atoms with Gasteiger partial charge in [-0.05, 0) is 53.5 Å². The number of rotatable bonds is 4. The van der Waals surface area contributed by atoms with Gasteiger partial charge in [0, 0.05) is 9.58 Å². The molecule has 0 nitrogen and oxygen atoms in total. The van der Waals surface area contributed by atoms with Gasteiger partial charge in [-0.1, -0.05) is 86.2 Å². The van der Waals surface area contributed by atoms with E-state index in [4.69, 9.17) is 0 Å². The molecule has 1 aromatic carbocycles.